The van der Waals surface area contributed by atoms with Gasteiger partial charge in [0.05, 0.1) is 4.88 Å². The maximum atomic E-state index is 13.0. The molecule has 3 aromatic rings. The lowest BCUT2D eigenvalue weighted by atomic mass is 10.1. The van der Waals surface area contributed by atoms with E-state index in [-0.39, 0.29) is 24.0 Å². The second-order valence-electron chi connectivity index (χ2n) is 7.87. The zero-order chi connectivity index (χ0) is 25.7. The Kier molecular flexibility index (Phi) is 7.77. The van der Waals surface area contributed by atoms with Gasteiger partial charge in [0, 0.05) is 22.0 Å². The van der Waals surface area contributed by atoms with Crippen LogP contribution < -0.4 is 15.4 Å². The fourth-order valence-electron chi connectivity index (χ4n) is 3.36. The van der Waals surface area contributed by atoms with Crippen LogP contribution in [0.15, 0.2) is 70.7 Å². The van der Waals surface area contributed by atoms with Gasteiger partial charge in [-0.3, -0.25) is 14.3 Å². The number of rotatable bonds is 8. The van der Waals surface area contributed by atoms with Crippen molar-refractivity contribution >= 4 is 56.5 Å². The van der Waals surface area contributed by atoms with Gasteiger partial charge < -0.3 is 10.6 Å². The van der Waals surface area contributed by atoms with Crippen LogP contribution in [0.5, 0.6) is 0 Å². The predicted octanol–water partition coefficient (Wildman–Crippen LogP) is 3.76. The lowest BCUT2D eigenvalue weighted by Crippen LogP contribution is -2.35. The third-order valence-electron chi connectivity index (χ3n) is 5.00. The van der Waals surface area contributed by atoms with Gasteiger partial charge in [0.15, 0.2) is 0 Å². The molecule has 2 amide bonds. The minimum absolute atomic E-state index is 0.0221. The van der Waals surface area contributed by atoms with Crippen LogP contribution in [-0.4, -0.2) is 35.5 Å². The second kappa shape index (κ2) is 11.0. The number of sulfonamides is 1. The predicted molar refractivity (Wildman–Crippen MR) is 142 cm³/mol. The van der Waals surface area contributed by atoms with Crippen LogP contribution in [0.3, 0.4) is 0 Å². The summed E-state index contributed by atoms with van der Waals surface area (Å²) >= 11 is 2.70. The third kappa shape index (κ3) is 6.53. The van der Waals surface area contributed by atoms with Gasteiger partial charge in [-0.2, -0.15) is 0 Å². The summed E-state index contributed by atoms with van der Waals surface area (Å²) < 4.78 is 28.1. The highest BCUT2D eigenvalue weighted by Crippen LogP contribution is 2.19. The molecule has 1 aliphatic carbocycles. The molecule has 0 bridgehead atoms. The van der Waals surface area contributed by atoms with Crippen molar-refractivity contribution < 1.29 is 18.0 Å². The van der Waals surface area contributed by atoms with Crippen LogP contribution >= 0.6 is 22.7 Å². The summed E-state index contributed by atoms with van der Waals surface area (Å²) in [5.41, 5.74) is 1.81. The number of anilines is 1. The molecule has 0 saturated heterocycles. The van der Waals surface area contributed by atoms with E-state index in [0.717, 1.165) is 4.88 Å². The fourth-order valence-corrected chi connectivity index (χ4v) is 5.77. The second-order valence-corrected chi connectivity index (χ2v) is 11.7. The van der Waals surface area contributed by atoms with E-state index in [4.69, 9.17) is 0 Å². The molecule has 4 rings (SSSR count). The van der Waals surface area contributed by atoms with E-state index >= 15 is 0 Å². The average Bonchev–Trinajstić information content (AvgIpc) is 3.52. The molecule has 0 aromatic carbocycles. The van der Waals surface area contributed by atoms with Crippen molar-refractivity contribution in [3.05, 3.63) is 91.9 Å². The quantitative estimate of drug-likeness (QED) is 0.372. The summed E-state index contributed by atoms with van der Waals surface area (Å²) in [4.78, 5) is 35.1. The van der Waals surface area contributed by atoms with E-state index in [9.17, 15) is 18.0 Å². The molecule has 1 unspecified atom stereocenters. The Labute approximate surface area is 216 Å². The van der Waals surface area contributed by atoms with Gasteiger partial charge >= 0.3 is 0 Å². The first-order valence-electron chi connectivity index (χ1n) is 10.8. The van der Waals surface area contributed by atoms with Crippen LogP contribution in [0, 0.1) is 13.8 Å². The van der Waals surface area contributed by atoms with Gasteiger partial charge in [0.1, 0.15) is 10.9 Å². The number of aromatic nitrogens is 2. The maximum Gasteiger partial charge on any atom is 0.272 e. The molecule has 0 fully saturated rings. The zero-order valence-electron chi connectivity index (χ0n) is 19.4. The number of hydrogen-bond donors (Lipinski definition) is 3. The minimum Gasteiger partial charge on any atom is -0.321 e. The summed E-state index contributed by atoms with van der Waals surface area (Å²) in [6.45, 7) is 3.52. The molecule has 0 saturated carbocycles. The standard InChI is InChI=1S/C24H23N5O4S3/c1-15-13-16(2)26-24(25-15)29-36(32,33)19-9-7-17(8-10-19)27-22(30)20(14-18-5-3-11-34-18)28-23(31)21-6-4-12-35-21/h3-9,11-14,19H,10H2,1-2H3,(H,27,30)(H,28,31)(H,25,26,29)/b20-14+. The largest absolute Gasteiger partial charge is 0.321 e. The number of aryl methyl sites for hydroxylation is 2. The molecular weight excluding hydrogens is 518 g/mol. The van der Waals surface area contributed by atoms with Gasteiger partial charge in [-0.1, -0.05) is 24.3 Å². The first-order chi connectivity index (χ1) is 17.2. The maximum absolute atomic E-state index is 13.0. The van der Waals surface area contributed by atoms with E-state index in [1.807, 2.05) is 17.5 Å². The number of thiophene rings is 2. The van der Waals surface area contributed by atoms with Gasteiger partial charge in [0.25, 0.3) is 11.8 Å². The molecule has 1 aliphatic rings. The van der Waals surface area contributed by atoms with Crippen molar-refractivity contribution in [2.75, 3.05) is 4.72 Å². The summed E-state index contributed by atoms with van der Waals surface area (Å²) in [5.74, 6) is -0.886. The van der Waals surface area contributed by atoms with Crippen molar-refractivity contribution in [3.63, 3.8) is 0 Å². The van der Waals surface area contributed by atoms with Crippen molar-refractivity contribution in [2.24, 2.45) is 0 Å². The van der Waals surface area contributed by atoms with Gasteiger partial charge in [0.2, 0.25) is 16.0 Å². The summed E-state index contributed by atoms with van der Waals surface area (Å²) in [5, 5.41) is 8.20. The SMILES string of the molecule is Cc1cc(C)nc(NS(=O)(=O)C2C=CC(NC(=O)/C(=C\c3cccs3)NC(=O)c3cccs3)=CC2)n1. The highest BCUT2D eigenvalue weighted by molar-refractivity contribution is 7.93. The Balaban J connectivity index is 1.44. The molecule has 0 radical (unpaired) electrons. The molecule has 12 heteroatoms. The van der Waals surface area contributed by atoms with E-state index in [0.29, 0.717) is 22.0 Å². The van der Waals surface area contributed by atoms with Gasteiger partial charge in [-0.15, -0.1) is 22.7 Å². The zero-order valence-corrected chi connectivity index (χ0v) is 21.8. The monoisotopic (exact) mass is 541 g/mol. The minimum atomic E-state index is -3.80. The molecule has 9 nitrogen and oxygen atoms in total. The number of nitrogens with zero attached hydrogens (tertiary/aromatic N) is 2. The number of carbonyl (C=O) groups excluding carboxylic acids is 2. The molecule has 186 valence electrons. The summed E-state index contributed by atoms with van der Waals surface area (Å²) in [6.07, 6.45) is 6.37. The van der Waals surface area contributed by atoms with Crippen molar-refractivity contribution in [3.8, 4) is 0 Å². The Bertz CT molecular complexity index is 1440. The highest BCUT2D eigenvalue weighted by Gasteiger charge is 2.26. The fraction of sp³-hybridized carbons (Fsp3) is 0.167. The van der Waals surface area contributed by atoms with E-state index in [1.54, 1.807) is 49.6 Å². The normalized spacial score (nSPS) is 15.8. The lowest BCUT2D eigenvalue weighted by Gasteiger charge is -2.18. The van der Waals surface area contributed by atoms with Crippen LogP contribution in [0.2, 0.25) is 0 Å². The Morgan fingerprint density at radius 2 is 1.81 bits per heavy atom. The van der Waals surface area contributed by atoms with Crippen LogP contribution in [0.4, 0.5) is 5.95 Å². The number of amides is 2. The molecule has 1 atom stereocenters. The number of allylic oxidation sites excluding steroid dienone is 2. The number of hydrogen-bond acceptors (Lipinski definition) is 8. The Morgan fingerprint density at radius 3 is 2.42 bits per heavy atom. The smallest absolute Gasteiger partial charge is 0.272 e. The van der Waals surface area contributed by atoms with E-state index in [2.05, 4.69) is 25.3 Å². The van der Waals surface area contributed by atoms with Crippen LogP contribution in [-0.2, 0) is 14.8 Å². The Hall–Kier alpha value is -3.61. The van der Waals surface area contributed by atoms with Gasteiger partial charge in [-0.25, -0.2) is 18.4 Å². The molecule has 3 N–H and O–H groups in total. The van der Waals surface area contributed by atoms with Gasteiger partial charge in [-0.05, 0) is 61.4 Å². The van der Waals surface area contributed by atoms with E-state index < -0.39 is 21.2 Å². The van der Waals surface area contributed by atoms with Crippen molar-refractivity contribution in [2.45, 2.75) is 25.5 Å². The van der Waals surface area contributed by atoms with Crippen molar-refractivity contribution in [1.82, 2.24) is 20.6 Å². The first-order valence-corrected chi connectivity index (χ1v) is 14.1. The van der Waals surface area contributed by atoms with E-state index in [1.165, 1.54) is 34.8 Å². The summed E-state index contributed by atoms with van der Waals surface area (Å²) in [6, 6.07) is 8.85. The van der Waals surface area contributed by atoms with Crippen molar-refractivity contribution in [1.29, 1.82) is 0 Å². The molecular formula is C24H23N5O4S3. The Morgan fingerprint density at radius 1 is 1.08 bits per heavy atom. The average molecular weight is 542 g/mol. The number of nitrogens with one attached hydrogen (secondary N) is 3. The summed E-state index contributed by atoms with van der Waals surface area (Å²) in [7, 11) is -3.80. The van der Waals surface area contributed by atoms with Crippen LogP contribution in [0.1, 0.15) is 32.4 Å². The molecule has 0 aliphatic heterocycles. The molecule has 3 heterocycles. The number of carbonyl (C=O) groups is 2. The third-order valence-corrected chi connectivity index (χ3v) is 8.30. The first kappa shape index (κ1) is 25.5. The molecule has 3 aromatic heterocycles. The topological polar surface area (TPSA) is 130 Å². The van der Waals surface area contributed by atoms with Crippen LogP contribution in [0.25, 0.3) is 6.08 Å². The molecule has 36 heavy (non-hydrogen) atoms. The molecule has 0 spiro atoms. The highest BCUT2D eigenvalue weighted by atomic mass is 32.2. The lowest BCUT2D eigenvalue weighted by molar-refractivity contribution is -0.117.